The number of nitrogens with one attached hydrogen (secondary N) is 2. The summed E-state index contributed by atoms with van der Waals surface area (Å²) >= 11 is 0. The first-order valence-electron chi connectivity index (χ1n) is 9.65. The number of amides is 2. The van der Waals surface area contributed by atoms with E-state index in [1.54, 1.807) is 72.8 Å². The van der Waals surface area contributed by atoms with Crippen LogP contribution in [0.25, 0.3) is 10.8 Å². The molecular weight excluding hydrogens is 408 g/mol. The molecule has 0 atom stereocenters. The fraction of sp³-hybridized carbons (Fsp3) is 0. The van der Waals surface area contributed by atoms with Crippen LogP contribution in [0.2, 0.25) is 0 Å². The topological polar surface area (TPSA) is 127 Å². The predicted octanol–water partition coefficient (Wildman–Crippen LogP) is 4.84. The predicted molar refractivity (Wildman–Crippen MR) is 123 cm³/mol. The van der Waals surface area contributed by atoms with Crippen LogP contribution in [0.3, 0.4) is 0 Å². The smallest absolute Gasteiger partial charge is 0.269 e. The van der Waals surface area contributed by atoms with Gasteiger partial charge < -0.3 is 16.4 Å². The lowest BCUT2D eigenvalue weighted by atomic mass is 10.0. The molecule has 0 saturated carbocycles. The van der Waals surface area contributed by atoms with Crippen molar-refractivity contribution in [2.24, 2.45) is 5.73 Å². The highest BCUT2D eigenvalue weighted by molar-refractivity contribution is 6.07. The van der Waals surface area contributed by atoms with Gasteiger partial charge in [0.2, 0.25) is 5.91 Å². The van der Waals surface area contributed by atoms with E-state index in [1.165, 1.54) is 12.1 Å². The molecule has 0 spiro atoms. The van der Waals surface area contributed by atoms with E-state index in [9.17, 15) is 19.7 Å². The molecule has 8 nitrogen and oxygen atoms in total. The second-order valence-corrected chi connectivity index (χ2v) is 7.10. The average Bonchev–Trinajstić information content (AvgIpc) is 2.80. The van der Waals surface area contributed by atoms with Crippen molar-refractivity contribution in [1.29, 1.82) is 0 Å². The zero-order valence-electron chi connectivity index (χ0n) is 16.7. The van der Waals surface area contributed by atoms with E-state index in [1.807, 2.05) is 0 Å². The number of benzene rings is 4. The normalized spacial score (nSPS) is 10.5. The van der Waals surface area contributed by atoms with E-state index >= 15 is 0 Å². The molecule has 2 amide bonds. The second kappa shape index (κ2) is 8.57. The maximum absolute atomic E-state index is 12.6. The van der Waals surface area contributed by atoms with Gasteiger partial charge in [-0.25, -0.2) is 0 Å². The molecule has 0 heterocycles. The van der Waals surface area contributed by atoms with Crippen LogP contribution in [-0.4, -0.2) is 16.7 Å². The third-order valence-electron chi connectivity index (χ3n) is 4.90. The van der Waals surface area contributed by atoms with Crippen LogP contribution in [-0.2, 0) is 0 Å². The SMILES string of the molecule is NC(=O)c1ccc2cc(C(=O)Nc3ccc(Nc4ccc([N+](=O)[O-])cc4)cc3)ccc2c1. The molecule has 4 aromatic carbocycles. The van der Waals surface area contributed by atoms with Crippen LogP contribution in [0.1, 0.15) is 20.7 Å². The molecule has 8 heteroatoms. The third kappa shape index (κ3) is 4.54. The Labute approximate surface area is 182 Å². The van der Waals surface area contributed by atoms with Gasteiger partial charge in [-0.2, -0.15) is 0 Å². The van der Waals surface area contributed by atoms with Gasteiger partial charge in [0.25, 0.3) is 11.6 Å². The number of anilines is 3. The number of nitrogens with zero attached hydrogens (tertiary/aromatic N) is 1. The van der Waals surface area contributed by atoms with Crippen LogP contribution in [0.4, 0.5) is 22.7 Å². The number of rotatable bonds is 6. The van der Waals surface area contributed by atoms with Gasteiger partial charge in [-0.05, 0) is 71.4 Å². The van der Waals surface area contributed by atoms with Crippen LogP contribution in [0.15, 0.2) is 84.9 Å². The Morgan fingerprint density at radius 3 is 1.78 bits per heavy atom. The Morgan fingerprint density at radius 2 is 1.22 bits per heavy atom. The van der Waals surface area contributed by atoms with E-state index in [4.69, 9.17) is 5.73 Å². The Kier molecular flexibility index (Phi) is 5.50. The summed E-state index contributed by atoms with van der Waals surface area (Å²) in [4.78, 5) is 34.2. The van der Waals surface area contributed by atoms with Crippen molar-refractivity contribution in [2.75, 3.05) is 10.6 Å². The second-order valence-electron chi connectivity index (χ2n) is 7.10. The minimum Gasteiger partial charge on any atom is -0.366 e. The number of hydrogen-bond acceptors (Lipinski definition) is 5. The third-order valence-corrected chi connectivity index (χ3v) is 4.90. The Balaban J connectivity index is 1.43. The number of carbonyl (C=O) groups is 2. The summed E-state index contributed by atoms with van der Waals surface area (Å²) in [6.45, 7) is 0. The molecule has 0 saturated heterocycles. The molecule has 4 rings (SSSR count). The molecule has 4 N–H and O–H groups in total. The number of nitro benzene ring substituents is 1. The van der Waals surface area contributed by atoms with Crippen molar-refractivity contribution in [3.05, 3.63) is 106 Å². The summed E-state index contributed by atoms with van der Waals surface area (Å²) in [5.41, 5.74) is 8.33. The molecule has 158 valence electrons. The van der Waals surface area contributed by atoms with Crippen LogP contribution < -0.4 is 16.4 Å². The monoisotopic (exact) mass is 426 g/mol. The molecule has 0 aliphatic carbocycles. The molecular formula is C24H18N4O4. The Morgan fingerprint density at radius 1 is 0.719 bits per heavy atom. The number of nitrogens with two attached hydrogens (primary N) is 1. The molecule has 0 radical (unpaired) electrons. The first kappa shape index (κ1) is 20.5. The average molecular weight is 426 g/mol. The molecule has 0 aromatic heterocycles. The molecule has 32 heavy (non-hydrogen) atoms. The summed E-state index contributed by atoms with van der Waals surface area (Å²) in [6, 6.07) is 23.5. The fourth-order valence-corrected chi connectivity index (χ4v) is 3.21. The highest BCUT2D eigenvalue weighted by Crippen LogP contribution is 2.22. The van der Waals surface area contributed by atoms with Crippen molar-refractivity contribution in [3.8, 4) is 0 Å². The van der Waals surface area contributed by atoms with Crippen molar-refractivity contribution in [1.82, 2.24) is 0 Å². The zero-order valence-corrected chi connectivity index (χ0v) is 16.7. The number of primary amides is 1. The van der Waals surface area contributed by atoms with E-state index in [-0.39, 0.29) is 11.6 Å². The van der Waals surface area contributed by atoms with Gasteiger partial charge in [0.15, 0.2) is 0 Å². The lowest BCUT2D eigenvalue weighted by Gasteiger charge is -2.09. The maximum atomic E-state index is 12.6. The molecule has 0 unspecified atom stereocenters. The summed E-state index contributed by atoms with van der Waals surface area (Å²) < 4.78 is 0. The molecule has 0 fully saturated rings. The minimum atomic E-state index is -0.500. The highest BCUT2D eigenvalue weighted by Gasteiger charge is 2.09. The summed E-state index contributed by atoms with van der Waals surface area (Å²) in [7, 11) is 0. The molecule has 4 aromatic rings. The van der Waals surface area contributed by atoms with Gasteiger partial charge >= 0.3 is 0 Å². The first-order valence-corrected chi connectivity index (χ1v) is 9.65. The summed E-state index contributed by atoms with van der Waals surface area (Å²) in [6.07, 6.45) is 0. The Bertz CT molecular complexity index is 1330. The summed E-state index contributed by atoms with van der Waals surface area (Å²) in [5.74, 6) is -0.762. The number of fused-ring (bicyclic) bond motifs is 1. The zero-order chi connectivity index (χ0) is 22.7. The minimum absolute atomic E-state index is 0.0237. The van der Waals surface area contributed by atoms with Gasteiger partial charge in [-0.1, -0.05) is 12.1 Å². The maximum Gasteiger partial charge on any atom is 0.269 e. The van der Waals surface area contributed by atoms with E-state index in [0.717, 1.165) is 16.5 Å². The number of hydrogen-bond donors (Lipinski definition) is 3. The van der Waals surface area contributed by atoms with Crippen LogP contribution in [0.5, 0.6) is 0 Å². The standard InChI is InChI=1S/C24H18N4O4/c25-23(29)17-3-1-16-14-18(4-2-15(16)13-17)24(30)27-21-7-5-19(6-8-21)26-20-9-11-22(12-10-20)28(31)32/h1-14,26H,(H2,25,29)(H,27,30). The van der Waals surface area contributed by atoms with Gasteiger partial charge in [0, 0.05) is 40.3 Å². The van der Waals surface area contributed by atoms with Gasteiger partial charge in [0.1, 0.15) is 0 Å². The van der Waals surface area contributed by atoms with Gasteiger partial charge in [-0.15, -0.1) is 0 Å². The van der Waals surface area contributed by atoms with Crippen LogP contribution >= 0.6 is 0 Å². The molecule has 0 bridgehead atoms. The quantitative estimate of drug-likeness (QED) is 0.300. The van der Waals surface area contributed by atoms with Crippen LogP contribution in [0, 0.1) is 10.1 Å². The highest BCUT2D eigenvalue weighted by atomic mass is 16.6. The van der Waals surface area contributed by atoms with Crippen molar-refractivity contribution in [3.63, 3.8) is 0 Å². The van der Waals surface area contributed by atoms with Crippen molar-refractivity contribution >= 4 is 45.3 Å². The fourth-order valence-electron chi connectivity index (χ4n) is 3.21. The van der Waals surface area contributed by atoms with Gasteiger partial charge in [0.05, 0.1) is 4.92 Å². The van der Waals surface area contributed by atoms with Crippen molar-refractivity contribution in [2.45, 2.75) is 0 Å². The van der Waals surface area contributed by atoms with Gasteiger partial charge in [-0.3, -0.25) is 19.7 Å². The lowest BCUT2D eigenvalue weighted by molar-refractivity contribution is -0.384. The number of nitro groups is 1. The number of non-ortho nitro benzene ring substituents is 1. The first-order chi connectivity index (χ1) is 15.4. The largest absolute Gasteiger partial charge is 0.366 e. The number of carbonyl (C=O) groups excluding carboxylic acids is 2. The summed E-state index contributed by atoms with van der Waals surface area (Å²) in [5, 5.41) is 18.4. The van der Waals surface area contributed by atoms with E-state index < -0.39 is 10.8 Å². The molecule has 0 aliphatic rings. The lowest BCUT2D eigenvalue weighted by Crippen LogP contribution is -2.12. The van der Waals surface area contributed by atoms with E-state index in [2.05, 4.69) is 10.6 Å². The Hall–Kier alpha value is -4.72. The van der Waals surface area contributed by atoms with Crippen molar-refractivity contribution < 1.29 is 14.5 Å². The van der Waals surface area contributed by atoms with E-state index in [0.29, 0.717) is 22.5 Å². The molecule has 0 aliphatic heterocycles.